The Bertz CT molecular complexity index is 653. The van der Waals surface area contributed by atoms with E-state index in [1.54, 1.807) is 7.11 Å². The average molecular weight is 345 g/mol. The molecule has 25 heavy (non-hydrogen) atoms. The first-order valence-electron chi connectivity index (χ1n) is 8.93. The van der Waals surface area contributed by atoms with Crippen LogP contribution in [-0.2, 0) is 20.5 Å². The maximum absolute atomic E-state index is 12.4. The van der Waals surface area contributed by atoms with Gasteiger partial charge in [0.2, 0.25) is 5.91 Å². The molecule has 1 aliphatic carbocycles. The minimum atomic E-state index is -0.433. The highest BCUT2D eigenvalue weighted by Gasteiger charge is 2.51. The fourth-order valence-corrected chi connectivity index (χ4v) is 2.99. The summed E-state index contributed by atoms with van der Waals surface area (Å²) >= 11 is 0. The molecule has 1 amide bonds. The molecule has 0 aromatic heterocycles. The Labute approximate surface area is 150 Å². The molecule has 0 bridgehead atoms. The van der Waals surface area contributed by atoms with Crippen molar-refractivity contribution in [3.63, 3.8) is 0 Å². The molecule has 0 spiro atoms. The number of carbonyl (C=O) groups excluding carboxylic acids is 1. The van der Waals surface area contributed by atoms with Crippen LogP contribution in [0.15, 0.2) is 18.2 Å². The molecule has 0 unspecified atom stereocenters. The van der Waals surface area contributed by atoms with Crippen LogP contribution in [-0.4, -0.2) is 49.3 Å². The molecule has 2 aliphatic rings. The molecule has 0 atom stereocenters. The molecule has 136 valence electrons. The summed E-state index contributed by atoms with van der Waals surface area (Å²) in [5.41, 5.74) is 1.03. The highest BCUT2D eigenvalue weighted by atomic mass is 16.7. The summed E-state index contributed by atoms with van der Waals surface area (Å²) in [6, 6.07) is 6.24. The number of likely N-dealkylation sites (N-methyl/N-ethyl adjacent to an activating group) is 1. The van der Waals surface area contributed by atoms with E-state index in [0.29, 0.717) is 18.2 Å². The molecular weight excluding hydrogens is 317 g/mol. The van der Waals surface area contributed by atoms with Crippen molar-refractivity contribution in [1.82, 2.24) is 4.90 Å². The lowest BCUT2D eigenvalue weighted by atomic mass is 9.78. The van der Waals surface area contributed by atoms with Crippen LogP contribution in [0.4, 0.5) is 0 Å². The number of amides is 1. The third kappa shape index (κ3) is 3.56. The third-order valence-corrected chi connectivity index (χ3v) is 5.67. The first-order valence-corrected chi connectivity index (χ1v) is 8.93. The van der Waals surface area contributed by atoms with Crippen LogP contribution in [0, 0.1) is 0 Å². The minimum absolute atomic E-state index is 0.129. The second-order valence-corrected chi connectivity index (χ2v) is 8.07. The van der Waals surface area contributed by atoms with Gasteiger partial charge in [0.25, 0.3) is 0 Å². The smallest absolute Gasteiger partial charge is 0.494 e. The zero-order chi connectivity index (χ0) is 18.4. The lowest BCUT2D eigenvalue weighted by Crippen LogP contribution is -2.41. The second-order valence-electron chi connectivity index (χ2n) is 8.07. The first-order chi connectivity index (χ1) is 11.6. The van der Waals surface area contributed by atoms with E-state index in [1.807, 2.05) is 57.8 Å². The van der Waals surface area contributed by atoms with Gasteiger partial charge in [0.05, 0.1) is 24.7 Å². The minimum Gasteiger partial charge on any atom is -0.496 e. The van der Waals surface area contributed by atoms with E-state index in [4.69, 9.17) is 14.0 Å². The van der Waals surface area contributed by atoms with Crippen LogP contribution >= 0.6 is 0 Å². The van der Waals surface area contributed by atoms with Gasteiger partial charge in [-0.15, -0.1) is 0 Å². The molecule has 2 fully saturated rings. The molecule has 0 N–H and O–H groups in total. The van der Waals surface area contributed by atoms with Gasteiger partial charge in [-0.3, -0.25) is 4.79 Å². The second kappa shape index (κ2) is 6.33. The molecule has 1 aromatic carbocycles. The molecule has 1 heterocycles. The first kappa shape index (κ1) is 18.3. The number of hydrogen-bond acceptors (Lipinski definition) is 4. The zero-order valence-corrected chi connectivity index (χ0v) is 16.1. The van der Waals surface area contributed by atoms with Gasteiger partial charge in [-0.25, -0.2) is 0 Å². The monoisotopic (exact) mass is 345 g/mol. The quantitative estimate of drug-likeness (QED) is 0.768. The lowest BCUT2D eigenvalue weighted by molar-refractivity contribution is -0.129. The van der Waals surface area contributed by atoms with E-state index in [9.17, 15) is 4.79 Å². The molecule has 1 aliphatic heterocycles. The van der Waals surface area contributed by atoms with Gasteiger partial charge in [0.15, 0.2) is 0 Å². The summed E-state index contributed by atoms with van der Waals surface area (Å²) in [5.74, 6) is 0.828. The van der Waals surface area contributed by atoms with Crippen molar-refractivity contribution < 1.29 is 18.8 Å². The number of rotatable bonds is 5. The van der Waals surface area contributed by atoms with Crippen molar-refractivity contribution in [2.75, 3.05) is 14.2 Å². The zero-order valence-electron chi connectivity index (χ0n) is 16.1. The summed E-state index contributed by atoms with van der Waals surface area (Å²) in [7, 11) is 3.07. The summed E-state index contributed by atoms with van der Waals surface area (Å²) in [5, 5.41) is 0. The molecule has 0 radical (unpaired) electrons. The standard InChI is InChI=1S/C19H28BNO4/c1-18(2)19(3,4)25-20(24-18)14-8-7-13(16(12-14)23-6)11-17(22)21(5)15-9-10-15/h7-8,12,15H,9-11H2,1-6H3. The van der Waals surface area contributed by atoms with Crippen molar-refractivity contribution in [1.29, 1.82) is 0 Å². The Kier molecular flexibility index (Phi) is 4.62. The van der Waals surface area contributed by atoms with Gasteiger partial charge in [-0.05, 0) is 52.1 Å². The Morgan fingerprint density at radius 3 is 2.36 bits per heavy atom. The van der Waals surface area contributed by atoms with Crippen LogP contribution in [0.25, 0.3) is 0 Å². The van der Waals surface area contributed by atoms with Crippen LogP contribution < -0.4 is 10.2 Å². The van der Waals surface area contributed by atoms with E-state index in [-0.39, 0.29) is 17.1 Å². The van der Waals surface area contributed by atoms with E-state index in [1.165, 1.54) is 0 Å². The fourth-order valence-electron chi connectivity index (χ4n) is 2.99. The van der Waals surface area contributed by atoms with Gasteiger partial charge in [0, 0.05) is 18.7 Å². The summed E-state index contributed by atoms with van der Waals surface area (Å²) in [6.45, 7) is 8.13. The van der Waals surface area contributed by atoms with Crippen LogP contribution in [0.1, 0.15) is 46.1 Å². The number of methoxy groups -OCH3 is 1. The van der Waals surface area contributed by atoms with Crippen molar-refractivity contribution in [2.45, 2.75) is 64.2 Å². The number of ether oxygens (including phenoxy) is 1. The fraction of sp³-hybridized carbons (Fsp3) is 0.632. The molecule has 1 aromatic rings. The normalized spacial score (nSPS) is 21.3. The predicted molar refractivity (Wildman–Crippen MR) is 98.2 cm³/mol. The third-order valence-electron chi connectivity index (χ3n) is 5.67. The van der Waals surface area contributed by atoms with E-state index in [0.717, 1.165) is 23.9 Å². The van der Waals surface area contributed by atoms with Crippen LogP contribution in [0.5, 0.6) is 5.75 Å². The lowest BCUT2D eigenvalue weighted by Gasteiger charge is -2.32. The van der Waals surface area contributed by atoms with E-state index >= 15 is 0 Å². The molecule has 5 nitrogen and oxygen atoms in total. The van der Waals surface area contributed by atoms with Gasteiger partial charge in [-0.2, -0.15) is 0 Å². The SMILES string of the molecule is COc1cc(B2OC(C)(C)C(C)(C)O2)ccc1CC(=O)N(C)C1CC1. The molecule has 3 rings (SSSR count). The summed E-state index contributed by atoms with van der Waals surface area (Å²) in [4.78, 5) is 14.2. The maximum atomic E-state index is 12.4. The maximum Gasteiger partial charge on any atom is 0.494 e. The average Bonchev–Trinajstić information content (AvgIpc) is 3.34. The summed E-state index contributed by atoms with van der Waals surface area (Å²) < 4.78 is 17.7. The van der Waals surface area contributed by atoms with Gasteiger partial charge >= 0.3 is 7.12 Å². The van der Waals surface area contributed by atoms with Crippen molar-refractivity contribution in [3.05, 3.63) is 23.8 Å². The number of hydrogen-bond donors (Lipinski definition) is 0. The van der Waals surface area contributed by atoms with E-state index in [2.05, 4.69) is 0 Å². The van der Waals surface area contributed by atoms with Crippen LogP contribution in [0.3, 0.4) is 0 Å². The molecular formula is C19H28BNO4. The summed E-state index contributed by atoms with van der Waals surface area (Å²) in [6.07, 6.45) is 2.57. The highest BCUT2D eigenvalue weighted by molar-refractivity contribution is 6.62. The Balaban J connectivity index is 1.77. The molecule has 1 saturated carbocycles. The van der Waals surface area contributed by atoms with Gasteiger partial charge in [-0.1, -0.05) is 12.1 Å². The highest BCUT2D eigenvalue weighted by Crippen LogP contribution is 2.36. The van der Waals surface area contributed by atoms with Gasteiger partial charge < -0.3 is 18.9 Å². The molecule has 6 heteroatoms. The van der Waals surface area contributed by atoms with E-state index < -0.39 is 7.12 Å². The molecule has 1 saturated heterocycles. The predicted octanol–water partition coefficient (Wildman–Crippen LogP) is 2.16. The number of benzene rings is 1. The Morgan fingerprint density at radius 2 is 1.84 bits per heavy atom. The van der Waals surface area contributed by atoms with Crippen LogP contribution in [0.2, 0.25) is 0 Å². The number of carbonyl (C=O) groups is 1. The van der Waals surface area contributed by atoms with Crippen molar-refractivity contribution in [3.8, 4) is 5.75 Å². The topological polar surface area (TPSA) is 48.0 Å². The number of nitrogens with zero attached hydrogens (tertiary/aromatic N) is 1. The van der Waals surface area contributed by atoms with Gasteiger partial charge in [0.1, 0.15) is 5.75 Å². The van der Waals surface area contributed by atoms with Crippen molar-refractivity contribution in [2.24, 2.45) is 0 Å². The Hall–Kier alpha value is -1.53. The Morgan fingerprint density at radius 1 is 1.24 bits per heavy atom. The van der Waals surface area contributed by atoms with Crippen molar-refractivity contribution >= 4 is 18.5 Å². The largest absolute Gasteiger partial charge is 0.496 e.